The van der Waals surface area contributed by atoms with E-state index < -0.39 is 12.5 Å². The van der Waals surface area contributed by atoms with Crippen LogP contribution in [-0.2, 0) is 16.1 Å². The van der Waals surface area contributed by atoms with Crippen molar-refractivity contribution in [2.75, 3.05) is 51.1 Å². The highest BCUT2D eigenvalue weighted by Gasteiger charge is 2.42. The number of piperidine rings is 1. The van der Waals surface area contributed by atoms with Gasteiger partial charge in [0.25, 0.3) is 5.91 Å². The number of ether oxygens (including phenoxy) is 1. The van der Waals surface area contributed by atoms with Gasteiger partial charge >= 0.3 is 6.61 Å². The molecular formula is C33H36ClF2N9O4. The number of alkyl halides is 2. The Bertz CT molecular complexity index is 1860. The Kier molecular flexibility index (Phi) is 9.20. The predicted octanol–water partition coefficient (Wildman–Crippen LogP) is 3.75. The highest BCUT2D eigenvalue weighted by Crippen LogP contribution is 2.38. The molecule has 3 saturated heterocycles. The molecule has 3 amide bonds. The fourth-order valence-electron chi connectivity index (χ4n) is 7.33. The topological polar surface area (TPSA) is 130 Å². The Labute approximate surface area is 285 Å². The van der Waals surface area contributed by atoms with E-state index in [4.69, 9.17) is 16.3 Å². The SMILES string of the molecule is CC(=O)N1CCC(CN2C[C@@H]3CN(C(=O)Cn4cc(NC(=O)c5cnn6cccnc56)c(-c5cc(Cl)ccc5OC(F)F)n4)C[C@@H]3C2)CC1. The van der Waals surface area contributed by atoms with Gasteiger partial charge in [-0.3, -0.25) is 19.1 Å². The van der Waals surface area contributed by atoms with Gasteiger partial charge in [0.1, 0.15) is 23.6 Å². The number of nitrogens with zero attached hydrogens (tertiary/aromatic N) is 8. The first-order valence-electron chi connectivity index (χ1n) is 16.3. The lowest BCUT2D eigenvalue weighted by Gasteiger charge is -2.33. The molecule has 3 aliphatic heterocycles. The van der Waals surface area contributed by atoms with Crippen LogP contribution in [0.15, 0.2) is 49.1 Å². The zero-order valence-corrected chi connectivity index (χ0v) is 27.6. The molecule has 1 aromatic carbocycles. The van der Waals surface area contributed by atoms with Crippen LogP contribution in [0, 0.1) is 17.8 Å². The standard InChI is InChI=1S/C33H36ClF2N9O4/c1-20(46)42-9-5-21(6-10-42)13-41-14-22-16-43(17-23(22)15-41)29(47)19-44-18-27(39-32(48)26-12-38-45-8-2-7-37-31(26)45)30(40-44)25-11-24(34)3-4-28(25)49-33(35)36/h2-4,7-8,11-12,18,21-23,33H,5-6,9-10,13-17,19H2,1H3,(H,39,48)/t22-,23+. The highest BCUT2D eigenvalue weighted by atomic mass is 35.5. The normalized spacial score (nSPS) is 19.9. The quantitative estimate of drug-likeness (QED) is 0.280. The van der Waals surface area contributed by atoms with Gasteiger partial charge in [0.15, 0.2) is 5.65 Å². The molecule has 4 aromatic rings. The fraction of sp³-hybridized carbons (Fsp3) is 0.455. The van der Waals surface area contributed by atoms with Gasteiger partial charge in [-0.2, -0.15) is 19.0 Å². The summed E-state index contributed by atoms with van der Waals surface area (Å²) in [7, 11) is 0. The molecule has 49 heavy (non-hydrogen) atoms. The van der Waals surface area contributed by atoms with E-state index in [1.807, 2.05) is 9.80 Å². The molecular weight excluding hydrogens is 660 g/mol. The summed E-state index contributed by atoms with van der Waals surface area (Å²) in [6, 6.07) is 5.81. The first-order valence-corrected chi connectivity index (χ1v) is 16.7. The summed E-state index contributed by atoms with van der Waals surface area (Å²) in [6.45, 7) is 4.20. The van der Waals surface area contributed by atoms with E-state index in [-0.39, 0.29) is 51.6 Å². The number of carbonyl (C=O) groups is 3. The van der Waals surface area contributed by atoms with E-state index in [1.54, 1.807) is 19.2 Å². The third-order valence-electron chi connectivity index (χ3n) is 9.73. The number of anilines is 1. The molecule has 3 aromatic heterocycles. The number of aromatic nitrogens is 5. The minimum atomic E-state index is -3.11. The number of fused-ring (bicyclic) bond motifs is 2. The molecule has 6 heterocycles. The van der Waals surface area contributed by atoms with Crippen LogP contribution in [0.5, 0.6) is 5.75 Å². The number of halogens is 3. The van der Waals surface area contributed by atoms with Crippen LogP contribution < -0.4 is 10.1 Å². The molecule has 13 nitrogen and oxygen atoms in total. The predicted molar refractivity (Wildman–Crippen MR) is 175 cm³/mol. The van der Waals surface area contributed by atoms with Crippen molar-refractivity contribution in [1.29, 1.82) is 0 Å². The number of hydrogen-bond donors (Lipinski definition) is 1. The summed E-state index contributed by atoms with van der Waals surface area (Å²) in [4.78, 5) is 49.2. The number of amides is 3. The Hall–Kier alpha value is -4.63. The maximum Gasteiger partial charge on any atom is 0.387 e. The second-order valence-corrected chi connectivity index (χ2v) is 13.4. The van der Waals surface area contributed by atoms with Gasteiger partial charge in [0.05, 0.1) is 11.9 Å². The van der Waals surface area contributed by atoms with Crippen molar-refractivity contribution in [3.63, 3.8) is 0 Å². The van der Waals surface area contributed by atoms with E-state index in [2.05, 4.69) is 25.4 Å². The molecule has 0 aliphatic carbocycles. The lowest BCUT2D eigenvalue weighted by molar-refractivity contribution is -0.132. The van der Waals surface area contributed by atoms with Crippen molar-refractivity contribution in [3.8, 4) is 17.0 Å². The number of carbonyl (C=O) groups excluding carboxylic acids is 3. The molecule has 3 aliphatic rings. The Morgan fingerprint density at radius 2 is 1.84 bits per heavy atom. The lowest BCUT2D eigenvalue weighted by atomic mass is 9.96. The first kappa shape index (κ1) is 32.9. The maximum atomic E-state index is 13.6. The summed E-state index contributed by atoms with van der Waals surface area (Å²) in [5, 5.41) is 11.8. The smallest absolute Gasteiger partial charge is 0.387 e. The van der Waals surface area contributed by atoms with Crippen LogP contribution in [0.2, 0.25) is 5.02 Å². The average Bonchev–Trinajstić information content (AvgIpc) is 3.85. The molecule has 3 fully saturated rings. The molecule has 0 bridgehead atoms. The molecule has 0 radical (unpaired) electrons. The molecule has 1 N–H and O–H groups in total. The average molecular weight is 696 g/mol. The third kappa shape index (κ3) is 7.08. The van der Waals surface area contributed by atoms with Gasteiger partial charge in [-0.1, -0.05) is 11.6 Å². The van der Waals surface area contributed by atoms with Crippen molar-refractivity contribution in [3.05, 3.63) is 59.6 Å². The van der Waals surface area contributed by atoms with Crippen LogP contribution in [0.25, 0.3) is 16.9 Å². The first-order chi connectivity index (χ1) is 23.6. The fourth-order valence-corrected chi connectivity index (χ4v) is 7.51. The van der Waals surface area contributed by atoms with E-state index in [9.17, 15) is 23.2 Å². The van der Waals surface area contributed by atoms with Gasteiger partial charge in [-0.15, -0.1) is 0 Å². The molecule has 7 rings (SSSR count). The van der Waals surface area contributed by atoms with Crippen molar-refractivity contribution in [2.45, 2.75) is 32.9 Å². The number of nitrogens with one attached hydrogen (secondary N) is 1. The zero-order chi connectivity index (χ0) is 34.2. The second-order valence-electron chi connectivity index (χ2n) is 13.0. The summed E-state index contributed by atoms with van der Waals surface area (Å²) >= 11 is 6.25. The zero-order valence-electron chi connectivity index (χ0n) is 26.8. The van der Waals surface area contributed by atoms with Crippen molar-refractivity contribution in [1.82, 2.24) is 39.1 Å². The monoisotopic (exact) mass is 695 g/mol. The molecule has 2 atom stereocenters. The minimum Gasteiger partial charge on any atom is -0.434 e. The largest absolute Gasteiger partial charge is 0.434 e. The second kappa shape index (κ2) is 13.7. The van der Waals surface area contributed by atoms with E-state index in [0.29, 0.717) is 36.5 Å². The molecule has 258 valence electrons. The molecule has 16 heteroatoms. The molecule has 0 unspecified atom stereocenters. The lowest BCUT2D eigenvalue weighted by Crippen LogP contribution is -2.41. The van der Waals surface area contributed by atoms with Crippen LogP contribution in [0.3, 0.4) is 0 Å². The summed E-state index contributed by atoms with van der Waals surface area (Å²) in [6.07, 6.45) is 8.09. The third-order valence-corrected chi connectivity index (χ3v) is 9.97. The summed E-state index contributed by atoms with van der Waals surface area (Å²) < 4.78 is 34.3. The molecule has 0 saturated carbocycles. The van der Waals surface area contributed by atoms with E-state index in [1.165, 1.54) is 46.0 Å². The summed E-state index contributed by atoms with van der Waals surface area (Å²) in [5.41, 5.74) is 0.897. The van der Waals surface area contributed by atoms with Gasteiger partial charge in [-0.25, -0.2) is 9.50 Å². The maximum absolute atomic E-state index is 13.6. The Morgan fingerprint density at radius 3 is 2.55 bits per heavy atom. The number of likely N-dealkylation sites (tertiary alicyclic amines) is 3. The van der Waals surface area contributed by atoms with Gasteiger partial charge < -0.3 is 24.8 Å². The van der Waals surface area contributed by atoms with E-state index in [0.717, 1.165) is 45.6 Å². The van der Waals surface area contributed by atoms with Crippen LogP contribution in [-0.4, -0.2) is 109 Å². The Balaban J connectivity index is 1.05. The highest BCUT2D eigenvalue weighted by molar-refractivity contribution is 6.31. The summed E-state index contributed by atoms with van der Waals surface area (Å²) in [5.74, 6) is 0.596. The van der Waals surface area contributed by atoms with Crippen LogP contribution in [0.4, 0.5) is 14.5 Å². The minimum absolute atomic E-state index is 0.104. The van der Waals surface area contributed by atoms with Gasteiger partial charge in [0.2, 0.25) is 11.8 Å². The Morgan fingerprint density at radius 1 is 1.08 bits per heavy atom. The van der Waals surface area contributed by atoms with Gasteiger partial charge in [-0.05, 0) is 54.9 Å². The molecule has 0 spiro atoms. The van der Waals surface area contributed by atoms with Crippen LogP contribution >= 0.6 is 11.6 Å². The number of benzene rings is 1. The number of hydrogen-bond acceptors (Lipinski definition) is 8. The van der Waals surface area contributed by atoms with Gasteiger partial charge in [0, 0.05) is 81.9 Å². The van der Waals surface area contributed by atoms with Crippen LogP contribution in [0.1, 0.15) is 30.1 Å². The van der Waals surface area contributed by atoms with E-state index >= 15 is 0 Å². The number of rotatable bonds is 9. The van der Waals surface area contributed by atoms with Crippen molar-refractivity contribution >= 4 is 40.7 Å². The van der Waals surface area contributed by atoms with Crippen molar-refractivity contribution in [2.24, 2.45) is 17.8 Å². The van der Waals surface area contributed by atoms with Crippen molar-refractivity contribution < 1.29 is 27.9 Å².